The van der Waals surface area contributed by atoms with E-state index in [-0.39, 0.29) is 5.75 Å². The number of hydrogen-bond donors (Lipinski definition) is 3. The van der Waals surface area contributed by atoms with Crippen molar-refractivity contribution in [2.45, 2.75) is 12.8 Å². The first-order valence-electron chi connectivity index (χ1n) is 7.03. The lowest BCUT2D eigenvalue weighted by Crippen LogP contribution is -2.03. The maximum Gasteiger partial charge on any atom is 0.172 e. The van der Waals surface area contributed by atoms with Crippen LogP contribution in [0.2, 0.25) is 0 Å². The number of phenolic OH excluding ortho intramolecular Hbond substituents is 1. The molecule has 0 aromatic heterocycles. The van der Waals surface area contributed by atoms with E-state index in [4.69, 9.17) is 16.2 Å². The standard InChI is InChI=1S/C16H17Br3N2O2/c17-11-5-10(2-4-21)8-14(15(11)22)23-16-12(18)6-9(1-3-20)7-13(16)19/h5-8,22H,1-4,20-21H2. The Morgan fingerprint density at radius 3 is 1.83 bits per heavy atom. The Bertz CT molecular complexity index is 685. The SMILES string of the molecule is NCCc1cc(Br)c(Oc2cc(CCN)cc(Br)c2O)c(Br)c1. The molecule has 2 rings (SSSR count). The highest BCUT2D eigenvalue weighted by molar-refractivity contribution is 9.11. The fourth-order valence-electron chi connectivity index (χ4n) is 2.15. The zero-order valence-electron chi connectivity index (χ0n) is 12.3. The lowest BCUT2D eigenvalue weighted by atomic mass is 10.1. The van der Waals surface area contributed by atoms with Gasteiger partial charge in [0.1, 0.15) is 0 Å². The topological polar surface area (TPSA) is 81.5 Å². The van der Waals surface area contributed by atoms with Crippen molar-refractivity contribution in [1.29, 1.82) is 0 Å². The molecule has 124 valence electrons. The quantitative estimate of drug-likeness (QED) is 0.537. The Hall–Kier alpha value is -0.600. The predicted molar refractivity (Wildman–Crippen MR) is 103 cm³/mol. The van der Waals surface area contributed by atoms with Gasteiger partial charge in [-0.1, -0.05) is 0 Å². The molecule has 0 saturated heterocycles. The van der Waals surface area contributed by atoms with Gasteiger partial charge in [-0.05, 0) is 109 Å². The summed E-state index contributed by atoms with van der Waals surface area (Å²) >= 11 is 10.4. The maximum absolute atomic E-state index is 10.2. The normalized spacial score (nSPS) is 10.8. The van der Waals surface area contributed by atoms with Crippen molar-refractivity contribution in [1.82, 2.24) is 0 Å². The molecule has 0 bridgehead atoms. The number of nitrogens with two attached hydrogens (primary N) is 2. The number of aromatic hydroxyl groups is 1. The van der Waals surface area contributed by atoms with Gasteiger partial charge in [0.15, 0.2) is 17.2 Å². The van der Waals surface area contributed by atoms with E-state index in [1.807, 2.05) is 18.2 Å². The molecule has 0 aliphatic carbocycles. The zero-order chi connectivity index (χ0) is 17.0. The molecule has 0 radical (unpaired) electrons. The number of phenols is 1. The molecule has 0 aliphatic heterocycles. The largest absolute Gasteiger partial charge is 0.503 e. The van der Waals surface area contributed by atoms with Gasteiger partial charge in [0, 0.05) is 0 Å². The van der Waals surface area contributed by atoms with E-state index in [9.17, 15) is 5.11 Å². The average Bonchev–Trinajstić information content (AvgIpc) is 2.48. The van der Waals surface area contributed by atoms with E-state index in [1.165, 1.54) is 0 Å². The van der Waals surface area contributed by atoms with Gasteiger partial charge in [-0.15, -0.1) is 0 Å². The first-order chi connectivity index (χ1) is 11.0. The van der Waals surface area contributed by atoms with Crippen LogP contribution in [-0.2, 0) is 12.8 Å². The summed E-state index contributed by atoms with van der Waals surface area (Å²) in [5, 5.41) is 10.2. The van der Waals surface area contributed by atoms with Crippen LogP contribution >= 0.6 is 47.8 Å². The zero-order valence-corrected chi connectivity index (χ0v) is 17.0. The second kappa shape index (κ2) is 8.48. The average molecular weight is 509 g/mol. The van der Waals surface area contributed by atoms with Gasteiger partial charge in [0.2, 0.25) is 0 Å². The second-order valence-corrected chi connectivity index (χ2v) is 7.56. The van der Waals surface area contributed by atoms with E-state index >= 15 is 0 Å². The first-order valence-corrected chi connectivity index (χ1v) is 9.41. The van der Waals surface area contributed by atoms with Crippen LogP contribution in [0.3, 0.4) is 0 Å². The summed E-state index contributed by atoms with van der Waals surface area (Å²) in [6.07, 6.45) is 1.48. The molecule has 0 fully saturated rings. The number of ether oxygens (including phenoxy) is 1. The van der Waals surface area contributed by atoms with E-state index in [0.717, 1.165) is 26.5 Å². The van der Waals surface area contributed by atoms with Gasteiger partial charge in [-0.25, -0.2) is 0 Å². The third kappa shape index (κ3) is 4.70. The van der Waals surface area contributed by atoms with E-state index in [2.05, 4.69) is 47.8 Å². The second-order valence-electron chi connectivity index (χ2n) is 4.99. The smallest absolute Gasteiger partial charge is 0.172 e. The van der Waals surface area contributed by atoms with Gasteiger partial charge in [-0.2, -0.15) is 0 Å². The Kier molecular flexibility index (Phi) is 6.91. The molecule has 0 unspecified atom stereocenters. The fourth-order valence-corrected chi connectivity index (χ4v) is 4.08. The van der Waals surface area contributed by atoms with Gasteiger partial charge < -0.3 is 21.3 Å². The van der Waals surface area contributed by atoms with Crippen LogP contribution in [0.5, 0.6) is 17.2 Å². The third-order valence-corrected chi connectivity index (χ3v) is 5.01. The lowest BCUT2D eigenvalue weighted by Gasteiger charge is -2.14. The molecule has 7 heteroatoms. The Balaban J connectivity index is 2.39. The monoisotopic (exact) mass is 506 g/mol. The fraction of sp³-hybridized carbons (Fsp3) is 0.250. The van der Waals surface area contributed by atoms with Crippen LogP contribution in [0.4, 0.5) is 0 Å². The Morgan fingerprint density at radius 2 is 1.30 bits per heavy atom. The van der Waals surface area contributed by atoms with Crippen LogP contribution in [0, 0.1) is 0 Å². The maximum atomic E-state index is 10.2. The summed E-state index contributed by atoms with van der Waals surface area (Å²) in [5.41, 5.74) is 13.3. The summed E-state index contributed by atoms with van der Waals surface area (Å²) in [4.78, 5) is 0. The minimum atomic E-state index is 0.0515. The third-order valence-electron chi connectivity index (χ3n) is 3.22. The molecular weight excluding hydrogens is 492 g/mol. The van der Waals surface area contributed by atoms with Crippen LogP contribution in [-0.4, -0.2) is 18.2 Å². The van der Waals surface area contributed by atoms with Crippen molar-refractivity contribution in [2.75, 3.05) is 13.1 Å². The molecular formula is C16H17Br3N2O2. The van der Waals surface area contributed by atoms with Crippen LogP contribution in [0.25, 0.3) is 0 Å². The molecule has 0 heterocycles. The van der Waals surface area contributed by atoms with Crippen molar-refractivity contribution in [3.05, 3.63) is 48.8 Å². The summed E-state index contributed by atoms with van der Waals surface area (Å²) in [6, 6.07) is 7.55. The molecule has 23 heavy (non-hydrogen) atoms. The van der Waals surface area contributed by atoms with Gasteiger partial charge in [0.05, 0.1) is 13.4 Å². The molecule has 0 amide bonds. The number of hydrogen-bond acceptors (Lipinski definition) is 4. The van der Waals surface area contributed by atoms with Crippen molar-refractivity contribution in [3.63, 3.8) is 0 Å². The highest BCUT2D eigenvalue weighted by Crippen LogP contribution is 2.43. The molecule has 5 N–H and O–H groups in total. The summed E-state index contributed by atoms with van der Waals surface area (Å²) in [7, 11) is 0. The van der Waals surface area contributed by atoms with Crippen molar-refractivity contribution in [2.24, 2.45) is 11.5 Å². The Morgan fingerprint density at radius 1 is 0.826 bits per heavy atom. The van der Waals surface area contributed by atoms with Crippen LogP contribution in [0.15, 0.2) is 37.7 Å². The summed E-state index contributed by atoms with van der Waals surface area (Å²) in [5.74, 6) is 1.02. The van der Waals surface area contributed by atoms with Crippen molar-refractivity contribution in [3.8, 4) is 17.2 Å². The van der Waals surface area contributed by atoms with E-state index < -0.39 is 0 Å². The van der Waals surface area contributed by atoms with E-state index in [1.54, 1.807) is 6.07 Å². The molecule has 0 atom stereocenters. The van der Waals surface area contributed by atoms with Gasteiger partial charge in [-0.3, -0.25) is 0 Å². The number of rotatable bonds is 6. The van der Waals surface area contributed by atoms with Crippen molar-refractivity contribution < 1.29 is 9.84 Å². The first kappa shape index (κ1) is 18.7. The molecule has 2 aromatic carbocycles. The minimum absolute atomic E-state index is 0.0515. The van der Waals surface area contributed by atoms with Crippen molar-refractivity contribution >= 4 is 47.8 Å². The molecule has 0 aliphatic rings. The number of halogens is 3. The molecule has 0 spiro atoms. The Labute approximate surface area is 160 Å². The highest BCUT2D eigenvalue weighted by Gasteiger charge is 2.15. The number of benzene rings is 2. The molecule has 4 nitrogen and oxygen atoms in total. The van der Waals surface area contributed by atoms with Gasteiger partial charge in [0.25, 0.3) is 0 Å². The summed E-state index contributed by atoms with van der Waals surface area (Å²) in [6.45, 7) is 1.10. The molecule has 0 saturated carbocycles. The minimum Gasteiger partial charge on any atom is -0.503 e. The highest BCUT2D eigenvalue weighted by atomic mass is 79.9. The van der Waals surface area contributed by atoms with Crippen LogP contribution in [0.1, 0.15) is 11.1 Å². The predicted octanol–water partition coefficient (Wildman–Crippen LogP) is 4.47. The lowest BCUT2D eigenvalue weighted by molar-refractivity contribution is 0.406. The summed E-state index contributed by atoms with van der Waals surface area (Å²) < 4.78 is 8.07. The van der Waals surface area contributed by atoms with Crippen LogP contribution < -0.4 is 16.2 Å². The van der Waals surface area contributed by atoms with Gasteiger partial charge >= 0.3 is 0 Å². The molecule has 2 aromatic rings. The van der Waals surface area contributed by atoms with E-state index in [0.29, 0.717) is 35.5 Å².